The van der Waals surface area contributed by atoms with Crippen molar-refractivity contribution in [2.24, 2.45) is 0 Å². The fourth-order valence-electron chi connectivity index (χ4n) is 2.85. The number of carbonyl (C=O) groups is 1. The summed E-state index contributed by atoms with van der Waals surface area (Å²) in [6.45, 7) is 0.421. The Hall–Kier alpha value is -4.07. The van der Waals surface area contributed by atoms with E-state index in [0.29, 0.717) is 18.0 Å². The summed E-state index contributed by atoms with van der Waals surface area (Å²) < 4.78 is 15.9. The number of nitro groups is 1. The van der Waals surface area contributed by atoms with Gasteiger partial charge in [-0.15, -0.1) is 0 Å². The van der Waals surface area contributed by atoms with Gasteiger partial charge in [0.1, 0.15) is 17.9 Å². The van der Waals surface area contributed by atoms with Crippen molar-refractivity contribution in [1.82, 2.24) is 0 Å². The van der Waals surface area contributed by atoms with E-state index < -0.39 is 16.5 Å². The van der Waals surface area contributed by atoms with E-state index in [-0.39, 0.29) is 17.1 Å². The lowest BCUT2D eigenvalue weighted by molar-refractivity contribution is -0.386. The summed E-state index contributed by atoms with van der Waals surface area (Å²) in [7, 11) is 2.64. The number of benzene rings is 3. The first kappa shape index (κ1) is 20.7. The number of hydrogen-bond acceptors (Lipinski definition) is 6. The number of nitro benzene ring substituents is 1. The second-order valence-corrected chi connectivity index (χ2v) is 6.21. The first-order valence-electron chi connectivity index (χ1n) is 9.01. The summed E-state index contributed by atoms with van der Waals surface area (Å²) in [5.74, 6) is 0.0510. The van der Waals surface area contributed by atoms with E-state index >= 15 is 0 Å². The van der Waals surface area contributed by atoms with Gasteiger partial charge in [-0.2, -0.15) is 0 Å². The highest BCUT2D eigenvalue weighted by molar-refractivity contribution is 6.08. The Morgan fingerprint density at radius 3 is 2.27 bits per heavy atom. The number of anilines is 1. The van der Waals surface area contributed by atoms with E-state index in [2.05, 4.69) is 5.32 Å². The molecule has 3 rings (SSSR count). The van der Waals surface area contributed by atoms with Crippen molar-refractivity contribution in [2.45, 2.75) is 6.61 Å². The lowest BCUT2D eigenvalue weighted by Gasteiger charge is -2.12. The van der Waals surface area contributed by atoms with Crippen LogP contribution in [0.2, 0.25) is 0 Å². The van der Waals surface area contributed by atoms with Crippen LogP contribution in [0.5, 0.6) is 17.2 Å². The standard InChI is InChI=1S/C22H20N2O6/c1-28-19-13-12-18(20(24(26)27)21(19)29-2)22(25)23-16-8-10-17(11-9-16)30-14-15-6-4-3-5-7-15/h3-13H,14H2,1-2H3,(H,23,25). The Morgan fingerprint density at radius 2 is 1.67 bits per heavy atom. The molecule has 1 N–H and O–H groups in total. The van der Waals surface area contributed by atoms with Gasteiger partial charge in [-0.05, 0) is 42.0 Å². The van der Waals surface area contributed by atoms with E-state index in [0.717, 1.165) is 5.56 Å². The van der Waals surface area contributed by atoms with Crippen LogP contribution in [0.1, 0.15) is 15.9 Å². The van der Waals surface area contributed by atoms with E-state index in [1.807, 2.05) is 30.3 Å². The first-order chi connectivity index (χ1) is 14.5. The van der Waals surface area contributed by atoms with Gasteiger partial charge in [0.25, 0.3) is 5.91 Å². The van der Waals surface area contributed by atoms with E-state index in [1.54, 1.807) is 24.3 Å². The zero-order valence-corrected chi connectivity index (χ0v) is 16.5. The number of carbonyl (C=O) groups excluding carboxylic acids is 1. The molecule has 0 saturated carbocycles. The smallest absolute Gasteiger partial charge is 0.327 e. The minimum atomic E-state index is -0.670. The SMILES string of the molecule is COc1ccc(C(=O)Nc2ccc(OCc3ccccc3)cc2)c([N+](=O)[O-])c1OC. The molecule has 0 aromatic heterocycles. The van der Waals surface area contributed by atoms with Crippen molar-refractivity contribution in [3.8, 4) is 17.2 Å². The molecule has 0 aliphatic carbocycles. The Balaban J connectivity index is 1.74. The highest BCUT2D eigenvalue weighted by Gasteiger charge is 2.29. The summed E-state index contributed by atoms with van der Waals surface area (Å²) in [6, 6.07) is 19.2. The fourth-order valence-corrected chi connectivity index (χ4v) is 2.85. The number of amides is 1. The highest BCUT2D eigenvalue weighted by Crippen LogP contribution is 2.39. The van der Waals surface area contributed by atoms with Crippen molar-refractivity contribution in [3.05, 3.63) is 88.0 Å². The van der Waals surface area contributed by atoms with Crippen molar-refractivity contribution >= 4 is 17.3 Å². The molecule has 0 saturated heterocycles. The number of ether oxygens (including phenoxy) is 3. The largest absolute Gasteiger partial charge is 0.493 e. The molecular weight excluding hydrogens is 388 g/mol. The van der Waals surface area contributed by atoms with Crippen LogP contribution in [0.25, 0.3) is 0 Å². The van der Waals surface area contributed by atoms with Crippen LogP contribution >= 0.6 is 0 Å². The molecule has 0 aliphatic rings. The van der Waals surface area contributed by atoms with Crippen LogP contribution < -0.4 is 19.5 Å². The monoisotopic (exact) mass is 408 g/mol. The highest BCUT2D eigenvalue weighted by atomic mass is 16.6. The zero-order valence-electron chi connectivity index (χ0n) is 16.5. The van der Waals surface area contributed by atoms with Crippen LogP contribution in [-0.4, -0.2) is 25.1 Å². The van der Waals surface area contributed by atoms with Gasteiger partial charge < -0.3 is 19.5 Å². The molecule has 8 heteroatoms. The van der Waals surface area contributed by atoms with Gasteiger partial charge in [-0.1, -0.05) is 30.3 Å². The Kier molecular flexibility index (Phi) is 6.49. The molecule has 0 heterocycles. The summed E-state index contributed by atoms with van der Waals surface area (Å²) in [5, 5.41) is 14.2. The number of nitrogens with zero attached hydrogens (tertiary/aromatic N) is 1. The van der Waals surface area contributed by atoms with Gasteiger partial charge in [-0.3, -0.25) is 14.9 Å². The second kappa shape index (κ2) is 9.42. The lowest BCUT2D eigenvalue weighted by atomic mass is 10.1. The predicted molar refractivity (Wildman–Crippen MR) is 111 cm³/mol. The van der Waals surface area contributed by atoms with Crippen molar-refractivity contribution in [1.29, 1.82) is 0 Å². The van der Waals surface area contributed by atoms with Gasteiger partial charge in [-0.25, -0.2) is 0 Å². The fraction of sp³-hybridized carbons (Fsp3) is 0.136. The maximum Gasteiger partial charge on any atom is 0.327 e. The van der Waals surface area contributed by atoms with Crippen molar-refractivity contribution < 1.29 is 23.9 Å². The van der Waals surface area contributed by atoms with Gasteiger partial charge in [0.05, 0.1) is 19.1 Å². The Morgan fingerprint density at radius 1 is 0.967 bits per heavy atom. The Labute approximate surface area is 173 Å². The molecule has 0 atom stereocenters. The third-order valence-corrected chi connectivity index (χ3v) is 4.31. The molecule has 0 radical (unpaired) electrons. The molecule has 8 nitrogen and oxygen atoms in total. The molecule has 154 valence electrons. The molecule has 0 bridgehead atoms. The minimum absolute atomic E-state index is 0.111. The van der Waals surface area contributed by atoms with E-state index in [4.69, 9.17) is 14.2 Å². The third-order valence-electron chi connectivity index (χ3n) is 4.31. The van der Waals surface area contributed by atoms with Crippen LogP contribution in [0.3, 0.4) is 0 Å². The minimum Gasteiger partial charge on any atom is -0.493 e. The van der Waals surface area contributed by atoms with Crippen LogP contribution in [0.15, 0.2) is 66.7 Å². The summed E-state index contributed by atoms with van der Waals surface area (Å²) >= 11 is 0. The molecule has 3 aromatic carbocycles. The average Bonchev–Trinajstić information content (AvgIpc) is 2.78. The number of methoxy groups -OCH3 is 2. The maximum absolute atomic E-state index is 12.7. The number of nitrogens with one attached hydrogen (secondary N) is 1. The summed E-state index contributed by atoms with van der Waals surface area (Å²) in [6.07, 6.45) is 0. The van der Waals surface area contributed by atoms with E-state index in [9.17, 15) is 14.9 Å². The maximum atomic E-state index is 12.7. The quantitative estimate of drug-likeness (QED) is 0.437. The van der Waals surface area contributed by atoms with E-state index in [1.165, 1.54) is 26.4 Å². The van der Waals surface area contributed by atoms with Crippen molar-refractivity contribution in [2.75, 3.05) is 19.5 Å². The van der Waals surface area contributed by atoms with Gasteiger partial charge >= 0.3 is 5.69 Å². The molecule has 1 amide bonds. The third kappa shape index (κ3) is 4.67. The first-order valence-corrected chi connectivity index (χ1v) is 9.01. The summed E-state index contributed by atoms with van der Waals surface area (Å²) in [4.78, 5) is 23.5. The molecule has 0 aliphatic heterocycles. The second-order valence-electron chi connectivity index (χ2n) is 6.21. The Bertz CT molecular complexity index is 1040. The molecule has 30 heavy (non-hydrogen) atoms. The van der Waals surface area contributed by atoms with Gasteiger partial charge in [0.15, 0.2) is 5.75 Å². The topological polar surface area (TPSA) is 99.9 Å². The lowest BCUT2D eigenvalue weighted by Crippen LogP contribution is -2.14. The number of hydrogen-bond donors (Lipinski definition) is 1. The number of rotatable bonds is 8. The molecule has 0 fully saturated rings. The van der Waals surface area contributed by atoms with Crippen LogP contribution in [-0.2, 0) is 6.61 Å². The normalized spacial score (nSPS) is 10.2. The molecule has 3 aromatic rings. The predicted octanol–water partition coefficient (Wildman–Crippen LogP) is 4.44. The molecular formula is C22H20N2O6. The van der Waals surface area contributed by atoms with Crippen LogP contribution in [0, 0.1) is 10.1 Å². The average molecular weight is 408 g/mol. The molecule has 0 unspecified atom stereocenters. The van der Waals surface area contributed by atoms with Crippen molar-refractivity contribution in [3.63, 3.8) is 0 Å². The summed E-state index contributed by atoms with van der Waals surface area (Å²) in [5.41, 5.74) is 0.908. The van der Waals surface area contributed by atoms with Gasteiger partial charge in [0, 0.05) is 5.69 Å². The van der Waals surface area contributed by atoms with Crippen LogP contribution in [0.4, 0.5) is 11.4 Å². The van der Waals surface area contributed by atoms with Gasteiger partial charge in [0.2, 0.25) is 5.75 Å². The zero-order chi connectivity index (χ0) is 21.5. The molecule has 0 spiro atoms.